The second-order valence-corrected chi connectivity index (χ2v) is 3.96. The van der Waals surface area contributed by atoms with Crippen LogP contribution >= 0.6 is 0 Å². The van der Waals surface area contributed by atoms with Crippen molar-refractivity contribution >= 4 is 11.7 Å². The molecule has 1 aromatic rings. The van der Waals surface area contributed by atoms with Crippen molar-refractivity contribution in [2.75, 3.05) is 18.0 Å². The zero-order valence-corrected chi connectivity index (χ0v) is 9.82. The van der Waals surface area contributed by atoms with Crippen LogP contribution < -0.4 is 4.90 Å². The Balaban J connectivity index is 2.30. The molecule has 3 nitrogen and oxygen atoms in total. The Labute approximate surface area is 96.0 Å². The van der Waals surface area contributed by atoms with Crippen molar-refractivity contribution in [3.8, 4) is 0 Å². The summed E-state index contributed by atoms with van der Waals surface area (Å²) in [6.45, 7) is 6.67. The number of rotatable bonds is 3. The first-order valence-electron chi connectivity index (χ1n) is 5.77. The van der Waals surface area contributed by atoms with Gasteiger partial charge in [0.15, 0.2) is 0 Å². The zero-order chi connectivity index (χ0) is 11.5. The minimum absolute atomic E-state index is 0.121. The standard InChI is InChI=1S/C13H17NO2/c1-3-14(4-2)12-6-5-10-9-16-13(15)8-11(10)7-12/h5-7H,3-4,8-9H2,1-2H3. The number of hydrogen-bond donors (Lipinski definition) is 0. The smallest absolute Gasteiger partial charge is 0.310 e. The van der Waals surface area contributed by atoms with E-state index in [2.05, 4.69) is 36.9 Å². The molecule has 1 heterocycles. The first-order valence-corrected chi connectivity index (χ1v) is 5.77. The second kappa shape index (κ2) is 4.56. The van der Waals surface area contributed by atoms with E-state index in [-0.39, 0.29) is 5.97 Å². The van der Waals surface area contributed by atoms with Crippen molar-refractivity contribution < 1.29 is 9.53 Å². The molecule has 0 radical (unpaired) electrons. The van der Waals surface area contributed by atoms with Crippen molar-refractivity contribution in [2.24, 2.45) is 0 Å². The number of ether oxygens (including phenoxy) is 1. The van der Waals surface area contributed by atoms with Gasteiger partial charge in [-0.1, -0.05) is 6.07 Å². The largest absolute Gasteiger partial charge is 0.461 e. The van der Waals surface area contributed by atoms with Crippen LogP contribution in [-0.4, -0.2) is 19.1 Å². The average molecular weight is 219 g/mol. The van der Waals surface area contributed by atoms with Gasteiger partial charge in [0, 0.05) is 18.8 Å². The molecule has 1 aromatic carbocycles. The molecule has 0 fully saturated rings. The van der Waals surface area contributed by atoms with Gasteiger partial charge in [-0.25, -0.2) is 0 Å². The van der Waals surface area contributed by atoms with E-state index in [4.69, 9.17) is 4.74 Å². The Morgan fingerprint density at radius 2 is 2.00 bits per heavy atom. The van der Waals surface area contributed by atoms with E-state index in [9.17, 15) is 4.79 Å². The van der Waals surface area contributed by atoms with Crippen molar-refractivity contribution in [3.05, 3.63) is 29.3 Å². The van der Waals surface area contributed by atoms with Crippen LogP contribution in [0.3, 0.4) is 0 Å². The summed E-state index contributed by atoms with van der Waals surface area (Å²) in [7, 11) is 0. The van der Waals surface area contributed by atoms with E-state index < -0.39 is 0 Å². The van der Waals surface area contributed by atoms with Crippen LogP contribution in [0.1, 0.15) is 25.0 Å². The topological polar surface area (TPSA) is 29.5 Å². The lowest BCUT2D eigenvalue weighted by atomic mass is 10.0. The van der Waals surface area contributed by atoms with Gasteiger partial charge in [-0.05, 0) is 37.1 Å². The molecule has 0 spiro atoms. The molecule has 86 valence electrons. The molecule has 0 amide bonds. The van der Waals surface area contributed by atoms with Gasteiger partial charge in [-0.15, -0.1) is 0 Å². The molecule has 0 saturated heterocycles. The minimum Gasteiger partial charge on any atom is -0.461 e. The van der Waals surface area contributed by atoms with Crippen molar-refractivity contribution in [1.82, 2.24) is 0 Å². The Morgan fingerprint density at radius 1 is 1.25 bits per heavy atom. The second-order valence-electron chi connectivity index (χ2n) is 3.96. The molecule has 0 aromatic heterocycles. The van der Waals surface area contributed by atoms with E-state index in [0.717, 1.165) is 24.2 Å². The highest BCUT2D eigenvalue weighted by Gasteiger charge is 2.17. The van der Waals surface area contributed by atoms with E-state index in [1.54, 1.807) is 0 Å². The molecule has 3 heteroatoms. The van der Waals surface area contributed by atoms with Crippen LogP contribution in [0, 0.1) is 0 Å². The van der Waals surface area contributed by atoms with E-state index in [1.165, 1.54) is 5.69 Å². The summed E-state index contributed by atoms with van der Waals surface area (Å²) in [6.07, 6.45) is 0.407. The van der Waals surface area contributed by atoms with Gasteiger partial charge in [0.25, 0.3) is 0 Å². The van der Waals surface area contributed by atoms with Crippen LogP contribution in [0.15, 0.2) is 18.2 Å². The maximum atomic E-state index is 11.2. The molecule has 0 unspecified atom stereocenters. The monoisotopic (exact) mass is 219 g/mol. The van der Waals surface area contributed by atoms with E-state index in [0.29, 0.717) is 13.0 Å². The average Bonchev–Trinajstić information content (AvgIpc) is 2.30. The molecule has 16 heavy (non-hydrogen) atoms. The summed E-state index contributed by atoms with van der Waals surface area (Å²) in [5.74, 6) is -0.121. The summed E-state index contributed by atoms with van der Waals surface area (Å²) in [5.41, 5.74) is 3.44. The molecule has 0 saturated carbocycles. The summed E-state index contributed by atoms with van der Waals surface area (Å²) in [5, 5.41) is 0. The molecule has 0 bridgehead atoms. The van der Waals surface area contributed by atoms with Crippen LogP contribution in [0.2, 0.25) is 0 Å². The Kier molecular flexibility index (Phi) is 3.13. The number of anilines is 1. The minimum atomic E-state index is -0.121. The highest BCUT2D eigenvalue weighted by molar-refractivity contribution is 5.75. The number of carbonyl (C=O) groups is 1. The van der Waals surface area contributed by atoms with Crippen LogP contribution in [0.4, 0.5) is 5.69 Å². The molecular weight excluding hydrogens is 202 g/mol. The predicted molar refractivity (Wildman–Crippen MR) is 63.5 cm³/mol. The van der Waals surface area contributed by atoms with Crippen LogP contribution in [0.5, 0.6) is 0 Å². The first-order chi connectivity index (χ1) is 7.74. The van der Waals surface area contributed by atoms with E-state index >= 15 is 0 Å². The van der Waals surface area contributed by atoms with Gasteiger partial charge in [0.05, 0.1) is 6.42 Å². The lowest BCUT2D eigenvalue weighted by Crippen LogP contribution is -2.23. The summed E-state index contributed by atoms with van der Waals surface area (Å²) in [4.78, 5) is 13.5. The van der Waals surface area contributed by atoms with Crippen molar-refractivity contribution in [3.63, 3.8) is 0 Å². The van der Waals surface area contributed by atoms with Crippen LogP contribution in [0.25, 0.3) is 0 Å². The maximum absolute atomic E-state index is 11.2. The molecule has 1 aliphatic heterocycles. The Morgan fingerprint density at radius 3 is 2.69 bits per heavy atom. The number of nitrogens with zero attached hydrogens (tertiary/aromatic N) is 1. The number of cyclic esters (lactones) is 1. The van der Waals surface area contributed by atoms with Crippen LogP contribution in [-0.2, 0) is 22.6 Å². The highest BCUT2D eigenvalue weighted by Crippen LogP contribution is 2.23. The number of esters is 1. The van der Waals surface area contributed by atoms with Gasteiger partial charge >= 0.3 is 5.97 Å². The first kappa shape index (κ1) is 11.0. The number of carbonyl (C=O) groups excluding carboxylic acids is 1. The molecule has 0 N–H and O–H groups in total. The third-order valence-corrected chi connectivity index (χ3v) is 3.04. The zero-order valence-electron chi connectivity index (χ0n) is 9.82. The van der Waals surface area contributed by atoms with Crippen molar-refractivity contribution in [1.29, 1.82) is 0 Å². The quantitative estimate of drug-likeness (QED) is 0.729. The lowest BCUT2D eigenvalue weighted by molar-refractivity contribution is -0.145. The fraction of sp³-hybridized carbons (Fsp3) is 0.462. The highest BCUT2D eigenvalue weighted by atomic mass is 16.5. The molecule has 0 atom stereocenters. The maximum Gasteiger partial charge on any atom is 0.310 e. The van der Waals surface area contributed by atoms with Gasteiger partial charge in [-0.3, -0.25) is 4.79 Å². The predicted octanol–water partition coefficient (Wildman–Crippen LogP) is 2.13. The number of fused-ring (bicyclic) bond motifs is 1. The molecule has 0 aliphatic carbocycles. The summed E-state index contributed by atoms with van der Waals surface area (Å²) < 4.78 is 5.00. The van der Waals surface area contributed by atoms with Crippen molar-refractivity contribution in [2.45, 2.75) is 26.9 Å². The summed E-state index contributed by atoms with van der Waals surface area (Å²) >= 11 is 0. The van der Waals surface area contributed by atoms with E-state index in [1.807, 2.05) is 0 Å². The third kappa shape index (κ3) is 2.03. The van der Waals surface area contributed by atoms with Gasteiger partial charge in [0.1, 0.15) is 6.61 Å². The van der Waals surface area contributed by atoms with Gasteiger partial charge in [0.2, 0.25) is 0 Å². The molecular formula is C13H17NO2. The number of hydrogen-bond acceptors (Lipinski definition) is 3. The number of benzene rings is 1. The summed E-state index contributed by atoms with van der Waals surface area (Å²) in [6, 6.07) is 6.28. The van der Waals surface area contributed by atoms with Gasteiger partial charge in [-0.2, -0.15) is 0 Å². The molecule has 1 aliphatic rings. The Hall–Kier alpha value is -1.51. The lowest BCUT2D eigenvalue weighted by Gasteiger charge is -2.24. The third-order valence-electron chi connectivity index (χ3n) is 3.04. The SMILES string of the molecule is CCN(CC)c1ccc2c(c1)CC(=O)OC2. The molecule has 2 rings (SSSR count). The fourth-order valence-electron chi connectivity index (χ4n) is 2.07. The fourth-order valence-corrected chi connectivity index (χ4v) is 2.07. The van der Waals surface area contributed by atoms with Gasteiger partial charge < -0.3 is 9.64 Å². The Bertz CT molecular complexity index is 397. The normalized spacial score (nSPS) is 14.2.